The number of nitrogens with zero attached hydrogens (tertiary/aromatic N) is 2. The topological polar surface area (TPSA) is 83.5 Å². The molecule has 2 rings (SSSR count). The minimum atomic E-state index is -0.675. The van der Waals surface area contributed by atoms with Crippen molar-refractivity contribution in [3.05, 3.63) is 0 Å². The molecule has 2 heterocycles. The number of esters is 1. The van der Waals surface area contributed by atoms with Gasteiger partial charge in [-0.3, -0.25) is 9.59 Å². The highest BCUT2D eigenvalue weighted by Gasteiger charge is 2.39. The van der Waals surface area contributed by atoms with Gasteiger partial charge in [0, 0.05) is 38.8 Å². The maximum atomic E-state index is 12.7. The van der Waals surface area contributed by atoms with Crippen LogP contribution in [0.15, 0.2) is 0 Å². The quantitative estimate of drug-likeness (QED) is 0.609. The lowest BCUT2D eigenvalue weighted by atomic mass is 9.95. The Labute approximate surface area is 124 Å². The Morgan fingerprint density at radius 3 is 2.38 bits per heavy atom. The summed E-state index contributed by atoms with van der Waals surface area (Å²) in [6.45, 7) is 4.49. The lowest BCUT2D eigenvalue weighted by molar-refractivity contribution is -0.664. The highest BCUT2D eigenvalue weighted by molar-refractivity contribution is 5.87. The molecule has 2 aliphatic rings. The van der Waals surface area contributed by atoms with Crippen molar-refractivity contribution in [2.24, 2.45) is 5.92 Å². The molecule has 7 nitrogen and oxygen atoms in total. The molecule has 2 fully saturated rings. The molecule has 1 atom stereocenters. The maximum absolute atomic E-state index is 12.7. The number of hydrogen-bond donors (Lipinski definition) is 1. The molecule has 2 N–H and O–H groups in total. The number of methoxy groups -OCH3 is 1. The van der Waals surface area contributed by atoms with E-state index in [1.165, 1.54) is 14.0 Å². The third-order valence-electron chi connectivity index (χ3n) is 4.37. The molecule has 2 amide bonds. The number of piperidine rings is 1. The lowest BCUT2D eigenvalue weighted by Gasteiger charge is -2.41. The molecule has 0 spiro atoms. The first kappa shape index (κ1) is 15.8. The van der Waals surface area contributed by atoms with Gasteiger partial charge in [-0.05, 0) is 0 Å². The van der Waals surface area contributed by atoms with Crippen LogP contribution in [-0.4, -0.2) is 73.5 Å². The molecule has 0 unspecified atom stereocenters. The van der Waals surface area contributed by atoms with E-state index in [2.05, 4.69) is 5.32 Å². The van der Waals surface area contributed by atoms with Gasteiger partial charge in [0.25, 0.3) is 0 Å². The standard InChI is InChI=1S/C14H23N3O4/c1-10(18)16-7-8-17(12(9-16)14(20)21-2)13(19)11-3-5-15-6-4-11/h11-12,15H,3-9H2,1-2H3/p+1/t12-/m1/s1. The Morgan fingerprint density at radius 1 is 1.14 bits per heavy atom. The van der Waals surface area contributed by atoms with Crippen LogP contribution in [0.1, 0.15) is 19.8 Å². The number of nitrogens with two attached hydrogens (primary N) is 1. The summed E-state index contributed by atoms with van der Waals surface area (Å²) < 4.78 is 4.81. The smallest absolute Gasteiger partial charge is 0.330 e. The largest absolute Gasteiger partial charge is 0.467 e. The van der Waals surface area contributed by atoms with E-state index in [1.807, 2.05) is 0 Å². The number of hydrogen-bond acceptors (Lipinski definition) is 4. The van der Waals surface area contributed by atoms with Crippen molar-refractivity contribution >= 4 is 17.8 Å². The number of amides is 2. The third kappa shape index (κ3) is 3.53. The molecule has 2 saturated heterocycles. The third-order valence-corrected chi connectivity index (χ3v) is 4.37. The Kier molecular flexibility index (Phi) is 5.17. The number of quaternary nitrogens is 1. The second-order valence-corrected chi connectivity index (χ2v) is 5.68. The van der Waals surface area contributed by atoms with Crippen molar-refractivity contribution in [1.82, 2.24) is 9.80 Å². The van der Waals surface area contributed by atoms with Gasteiger partial charge in [0.2, 0.25) is 11.8 Å². The summed E-state index contributed by atoms with van der Waals surface area (Å²) >= 11 is 0. The van der Waals surface area contributed by atoms with Crippen molar-refractivity contribution in [1.29, 1.82) is 0 Å². The van der Waals surface area contributed by atoms with Gasteiger partial charge in [-0.15, -0.1) is 0 Å². The molecule has 7 heteroatoms. The number of carbonyl (C=O) groups excluding carboxylic acids is 3. The van der Waals surface area contributed by atoms with Crippen molar-refractivity contribution in [3.8, 4) is 0 Å². The Bertz CT molecular complexity index is 420. The second kappa shape index (κ2) is 6.89. The van der Waals surface area contributed by atoms with Crippen LogP contribution >= 0.6 is 0 Å². The van der Waals surface area contributed by atoms with Gasteiger partial charge in [0.15, 0.2) is 0 Å². The fraction of sp³-hybridized carbons (Fsp3) is 0.786. The molecule has 0 bridgehead atoms. The first-order chi connectivity index (χ1) is 10.0. The van der Waals surface area contributed by atoms with E-state index >= 15 is 0 Å². The van der Waals surface area contributed by atoms with Crippen LogP contribution in [0.25, 0.3) is 0 Å². The molecule has 21 heavy (non-hydrogen) atoms. The Balaban J connectivity index is 2.10. The highest BCUT2D eigenvalue weighted by atomic mass is 16.5. The average molecular weight is 298 g/mol. The minimum Gasteiger partial charge on any atom is -0.467 e. The van der Waals surface area contributed by atoms with Gasteiger partial charge in [-0.25, -0.2) is 4.79 Å². The molecule has 0 saturated carbocycles. The zero-order valence-corrected chi connectivity index (χ0v) is 12.7. The molecule has 0 aromatic carbocycles. The SMILES string of the molecule is COC(=O)[C@H]1CN(C(C)=O)CCN1C(=O)C1CC[NH2+]CC1. The van der Waals surface area contributed by atoms with Gasteiger partial charge < -0.3 is 19.9 Å². The monoisotopic (exact) mass is 298 g/mol. The van der Waals surface area contributed by atoms with Gasteiger partial charge in [0.05, 0.1) is 26.7 Å². The molecular weight excluding hydrogens is 274 g/mol. The first-order valence-corrected chi connectivity index (χ1v) is 7.50. The summed E-state index contributed by atoms with van der Waals surface area (Å²) in [5.41, 5.74) is 0. The van der Waals surface area contributed by atoms with Gasteiger partial charge >= 0.3 is 5.97 Å². The molecule has 0 aliphatic carbocycles. The van der Waals surface area contributed by atoms with E-state index in [1.54, 1.807) is 9.80 Å². The molecule has 2 aliphatic heterocycles. The van der Waals surface area contributed by atoms with E-state index in [0.29, 0.717) is 13.1 Å². The Hall–Kier alpha value is -1.63. The minimum absolute atomic E-state index is 0.00830. The van der Waals surface area contributed by atoms with Gasteiger partial charge in [-0.2, -0.15) is 0 Å². The van der Waals surface area contributed by atoms with Crippen LogP contribution in [-0.2, 0) is 19.1 Å². The van der Waals surface area contributed by atoms with Crippen LogP contribution in [0, 0.1) is 5.92 Å². The Morgan fingerprint density at radius 2 is 1.81 bits per heavy atom. The second-order valence-electron chi connectivity index (χ2n) is 5.68. The van der Waals surface area contributed by atoms with E-state index in [9.17, 15) is 14.4 Å². The van der Waals surface area contributed by atoms with Crippen molar-refractivity contribution in [2.75, 3.05) is 39.8 Å². The van der Waals surface area contributed by atoms with Crippen molar-refractivity contribution < 1.29 is 24.4 Å². The number of carbonyl (C=O) groups is 3. The van der Waals surface area contributed by atoms with E-state index in [0.717, 1.165) is 25.9 Å². The highest BCUT2D eigenvalue weighted by Crippen LogP contribution is 2.19. The lowest BCUT2D eigenvalue weighted by Crippen LogP contribution is -2.86. The van der Waals surface area contributed by atoms with Crippen LogP contribution in [0.2, 0.25) is 0 Å². The summed E-state index contributed by atoms with van der Waals surface area (Å²) in [7, 11) is 1.31. The molecule has 0 aromatic heterocycles. The predicted octanol–water partition coefficient (Wildman–Crippen LogP) is -1.81. The number of ether oxygens (including phenoxy) is 1. The molecule has 0 radical (unpaired) electrons. The van der Waals surface area contributed by atoms with E-state index in [-0.39, 0.29) is 24.3 Å². The molecule has 118 valence electrons. The van der Waals surface area contributed by atoms with Crippen molar-refractivity contribution in [3.63, 3.8) is 0 Å². The van der Waals surface area contributed by atoms with Crippen LogP contribution in [0.3, 0.4) is 0 Å². The first-order valence-electron chi connectivity index (χ1n) is 7.50. The molecule has 0 aromatic rings. The summed E-state index contributed by atoms with van der Waals surface area (Å²) in [6, 6.07) is -0.675. The van der Waals surface area contributed by atoms with Crippen LogP contribution in [0.5, 0.6) is 0 Å². The summed E-state index contributed by atoms with van der Waals surface area (Å²) in [5.74, 6) is -0.507. The van der Waals surface area contributed by atoms with Gasteiger partial charge in [-0.1, -0.05) is 0 Å². The zero-order valence-electron chi connectivity index (χ0n) is 12.7. The molecular formula is C14H24N3O4+. The number of piperazine rings is 1. The van der Waals surface area contributed by atoms with E-state index < -0.39 is 12.0 Å². The fourth-order valence-electron chi connectivity index (χ4n) is 3.08. The van der Waals surface area contributed by atoms with E-state index in [4.69, 9.17) is 4.74 Å². The summed E-state index contributed by atoms with van der Waals surface area (Å²) in [4.78, 5) is 39.3. The fourth-order valence-corrected chi connectivity index (χ4v) is 3.08. The predicted molar refractivity (Wildman–Crippen MR) is 74.2 cm³/mol. The van der Waals surface area contributed by atoms with Crippen LogP contribution < -0.4 is 5.32 Å². The van der Waals surface area contributed by atoms with Gasteiger partial charge in [0.1, 0.15) is 6.04 Å². The summed E-state index contributed by atoms with van der Waals surface area (Å²) in [6.07, 6.45) is 1.69. The maximum Gasteiger partial charge on any atom is 0.330 e. The normalized spacial score (nSPS) is 23.8. The summed E-state index contributed by atoms with van der Waals surface area (Å²) in [5, 5.41) is 2.20. The van der Waals surface area contributed by atoms with Crippen molar-refractivity contribution in [2.45, 2.75) is 25.8 Å². The average Bonchev–Trinajstić information content (AvgIpc) is 2.53. The zero-order chi connectivity index (χ0) is 15.4. The van der Waals surface area contributed by atoms with Crippen LogP contribution in [0.4, 0.5) is 0 Å². The number of rotatable bonds is 2.